The van der Waals surface area contributed by atoms with Crippen LogP contribution in [0.5, 0.6) is 0 Å². The molecule has 0 bridgehead atoms. The lowest BCUT2D eigenvalue weighted by Gasteiger charge is -2.59. The molecule has 1 N–H and O–H groups in total. The molecule has 0 amide bonds. The van der Waals surface area contributed by atoms with Gasteiger partial charge in [0.2, 0.25) is 0 Å². The van der Waals surface area contributed by atoms with Gasteiger partial charge in [0.15, 0.2) is 25.0 Å². The highest BCUT2D eigenvalue weighted by atomic mass is 28.4. The van der Waals surface area contributed by atoms with Crippen LogP contribution in [0, 0.1) is 46.8 Å². The molecule has 0 radical (unpaired) electrons. The van der Waals surface area contributed by atoms with Crippen LogP contribution in [-0.2, 0) is 13.3 Å². The summed E-state index contributed by atoms with van der Waals surface area (Å²) in [5.41, 5.74) is -1.20. The van der Waals surface area contributed by atoms with Crippen molar-refractivity contribution >= 4 is 25.0 Å². The van der Waals surface area contributed by atoms with Crippen LogP contribution < -0.4 is 0 Å². The van der Waals surface area contributed by atoms with Gasteiger partial charge in [-0.1, -0.05) is 82.1 Å². The van der Waals surface area contributed by atoms with E-state index < -0.39 is 30.6 Å². The van der Waals surface area contributed by atoms with Crippen molar-refractivity contribution in [3.63, 3.8) is 0 Å². The molecule has 7 heteroatoms. The van der Waals surface area contributed by atoms with Crippen molar-refractivity contribution in [2.45, 2.75) is 187 Å². The Bertz CT molecular complexity index is 1110. The molecule has 0 aromatic carbocycles. The number of fused-ring (bicyclic) bond motifs is 1. The van der Waals surface area contributed by atoms with E-state index in [0.717, 1.165) is 51.7 Å². The van der Waals surface area contributed by atoms with Crippen molar-refractivity contribution in [3.8, 4) is 12.3 Å². The van der Waals surface area contributed by atoms with Crippen molar-refractivity contribution in [2.24, 2.45) is 34.5 Å². The lowest BCUT2D eigenvalue weighted by Crippen LogP contribution is -2.57. The van der Waals surface area contributed by atoms with Crippen LogP contribution in [0.4, 0.5) is 0 Å². The third-order valence-electron chi connectivity index (χ3n) is 15.3. The van der Waals surface area contributed by atoms with Gasteiger partial charge in [0.25, 0.3) is 0 Å². The Morgan fingerprint density at radius 3 is 1.65 bits per heavy atom. The molecular weight excluding hydrogens is 617 g/mol. The van der Waals surface area contributed by atoms with E-state index in [0.29, 0.717) is 30.1 Å². The van der Waals surface area contributed by atoms with Crippen LogP contribution in [-0.4, -0.2) is 55.0 Å². The van der Waals surface area contributed by atoms with Gasteiger partial charge in [0.1, 0.15) is 5.60 Å². The van der Waals surface area contributed by atoms with E-state index in [9.17, 15) is 5.11 Å². The number of terminal acetylenes is 1. The van der Waals surface area contributed by atoms with E-state index in [1.54, 1.807) is 0 Å². The van der Waals surface area contributed by atoms with Gasteiger partial charge >= 0.3 is 0 Å². The average Bonchev–Trinajstić information content (AvgIpc) is 3.16. The monoisotopic (exact) mass is 693 g/mol. The highest BCUT2D eigenvalue weighted by molar-refractivity contribution is 6.74. The van der Waals surface area contributed by atoms with Crippen molar-refractivity contribution in [2.75, 3.05) is 13.2 Å². The van der Waals surface area contributed by atoms with Crippen molar-refractivity contribution in [3.05, 3.63) is 0 Å². The normalized spacial score (nSPS) is 36.8. The zero-order chi connectivity index (χ0) is 35.6. The fourth-order valence-corrected chi connectivity index (χ4v) is 12.0. The van der Waals surface area contributed by atoms with E-state index in [-0.39, 0.29) is 32.0 Å². The maximum Gasteiger partial charge on any atom is 0.192 e. The zero-order valence-corrected chi connectivity index (χ0v) is 36.5. The SMILES string of the molecule is C#C[C@]1(O)CCC2[C@H](CO[Si](C)(C)C(C)(C)C)C([C@@]3(C)CC[C@H](O[Si](C)(C)C(C)(C)C)C[C@@H]3CO[Si](C)(C)C(C)(C)C)CC[C@@]21C. The summed E-state index contributed by atoms with van der Waals surface area (Å²) in [6.07, 6.45) is 13.5. The van der Waals surface area contributed by atoms with Gasteiger partial charge < -0.3 is 18.4 Å². The molecule has 8 atom stereocenters. The smallest absolute Gasteiger partial charge is 0.192 e. The van der Waals surface area contributed by atoms with Crippen molar-refractivity contribution in [1.29, 1.82) is 0 Å². The quantitative estimate of drug-likeness (QED) is 0.193. The molecule has 4 nitrogen and oxygen atoms in total. The summed E-state index contributed by atoms with van der Waals surface area (Å²) in [6, 6.07) is 0. The summed E-state index contributed by atoms with van der Waals surface area (Å²) in [7, 11) is -5.82. The third kappa shape index (κ3) is 7.54. The van der Waals surface area contributed by atoms with E-state index in [4.69, 9.17) is 19.7 Å². The van der Waals surface area contributed by atoms with Gasteiger partial charge in [0, 0.05) is 24.7 Å². The van der Waals surface area contributed by atoms with Gasteiger partial charge in [-0.05, 0) is 128 Å². The van der Waals surface area contributed by atoms with Gasteiger partial charge in [-0.15, -0.1) is 6.42 Å². The number of hydrogen-bond acceptors (Lipinski definition) is 4. The second-order valence-electron chi connectivity index (χ2n) is 21.0. The van der Waals surface area contributed by atoms with Crippen LogP contribution >= 0.6 is 0 Å². The molecule has 0 aromatic heterocycles. The van der Waals surface area contributed by atoms with Crippen LogP contribution in [0.2, 0.25) is 54.4 Å². The number of aliphatic hydroxyl groups is 1. The Morgan fingerprint density at radius 2 is 1.17 bits per heavy atom. The second-order valence-corrected chi connectivity index (χ2v) is 35.4. The molecule has 0 heterocycles. The molecule has 0 aliphatic heterocycles. The maximum absolute atomic E-state index is 11.8. The molecule has 3 fully saturated rings. The van der Waals surface area contributed by atoms with Crippen LogP contribution in [0.25, 0.3) is 0 Å². The fourth-order valence-electron chi connectivity index (χ4n) is 8.47. The van der Waals surface area contributed by atoms with E-state index in [1.165, 1.54) is 0 Å². The largest absolute Gasteiger partial charge is 0.417 e. The Labute approximate surface area is 289 Å². The molecule has 3 aliphatic rings. The van der Waals surface area contributed by atoms with Gasteiger partial charge in [-0.3, -0.25) is 0 Å². The first kappa shape index (κ1) is 40.5. The minimum atomic E-state index is -1.98. The first-order valence-electron chi connectivity index (χ1n) is 18.6. The molecule has 46 heavy (non-hydrogen) atoms. The third-order valence-corrected chi connectivity index (χ3v) is 28.9. The summed E-state index contributed by atoms with van der Waals surface area (Å²) < 4.78 is 21.4. The molecule has 3 saturated carbocycles. The highest BCUT2D eigenvalue weighted by Crippen LogP contribution is 2.65. The molecule has 0 aromatic rings. The summed E-state index contributed by atoms with van der Waals surface area (Å²) in [6.45, 7) is 42.0. The summed E-state index contributed by atoms with van der Waals surface area (Å²) in [5, 5.41) is 12.3. The number of hydrogen-bond donors (Lipinski definition) is 1. The standard InChI is InChI=1S/C39H76O4Si3/c1-19-39(40)25-22-33-31(28-42-45(15,16)35(5,6)7)32(21-24-38(33,39)12)37(11)23-20-30(43-46(17,18)36(8,9)10)26-29(37)27-41-44(13,14)34(2,3)4/h1,29-33,40H,20-28H2,2-18H3/t29-,30+,31-,32?,33?,37+,38+,39+/m1/s1. The second kappa shape index (κ2) is 13.0. The van der Waals surface area contributed by atoms with Crippen molar-refractivity contribution in [1.82, 2.24) is 0 Å². The topological polar surface area (TPSA) is 47.9 Å². The van der Waals surface area contributed by atoms with Crippen molar-refractivity contribution < 1.29 is 18.4 Å². The molecule has 0 spiro atoms. The van der Waals surface area contributed by atoms with Crippen LogP contribution in [0.3, 0.4) is 0 Å². The first-order chi connectivity index (χ1) is 20.5. The van der Waals surface area contributed by atoms with Crippen LogP contribution in [0.15, 0.2) is 0 Å². The summed E-state index contributed by atoms with van der Waals surface area (Å²) in [4.78, 5) is 0. The van der Waals surface area contributed by atoms with Gasteiger partial charge in [-0.2, -0.15) is 0 Å². The average molecular weight is 693 g/mol. The predicted octanol–water partition coefficient (Wildman–Crippen LogP) is 11.0. The molecule has 3 aliphatic carbocycles. The minimum absolute atomic E-state index is 0.106. The Kier molecular flexibility index (Phi) is 11.4. The molecule has 0 saturated heterocycles. The molecule has 2 unspecified atom stereocenters. The lowest BCUT2D eigenvalue weighted by atomic mass is 9.48. The Hall–Kier alpha value is 0.0506. The fraction of sp³-hybridized carbons (Fsp3) is 0.949. The number of rotatable bonds is 9. The summed E-state index contributed by atoms with van der Waals surface area (Å²) >= 11 is 0. The lowest BCUT2D eigenvalue weighted by molar-refractivity contribution is -0.132. The van der Waals surface area contributed by atoms with E-state index in [1.807, 2.05) is 0 Å². The van der Waals surface area contributed by atoms with Gasteiger partial charge in [-0.25, -0.2) is 0 Å². The van der Waals surface area contributed by atoms with Crippen LogP contribution in [0.1, 0.15) is 121 Å². The van der Waals surface area contributed by atoms with E-state index in [2.05, 4.69) is 121 Å². The molecule has 3 rings (SSSR count). The molecule has 268 valence electrons. The molecular formula is C39H76O4Si3. The minimum Gasteiger partial charge on any atom is -0.417 e. The van der Waals surface area contributed by atoms with Gasteiger partial charge in [0.05, 0.1) is 0 Å². The summed E-state index contributed by atoms with van der Waals surface area (Å²) in [5.74, 6) is 4.54. The van der Waals surface area contributed by atoms with E-state index >= 15 is 0 Å². The maximum atomic E-state index is 11.8. The predicted molar refractivity (Wildman–Crippen MR) is 205 cm³/mol. The highest BCUT2D eigenvalue weighted by Gasteiger charge is 2.64. The Morgan fingerprint density at radius 1 is 0.696 bits per heavy atom. The first-order valence-corrected chi connectivity index (χ1v) is 27.4. The Balaban J connectivity index is 2.05. The zero-order valence-electron chi connectivity index (χ0n) is 33.5.